The van der Waals surface area contributed by atoms with Crippen LogP contribution in [0.4, 0.5) is 21.9 Å². The van der Waals surface area contributed by atoms with Crippen molar-refractivity contribution in [3.8, 4) is 11.5 Å². The van der Waals surface area contributed by atoms with Gasteiger partial charge in [0.1, 0.15) is 0 Å². The van der Waals surface area contributed by atoms with Gasteiger partial charge in [-0.3, -0.25) is 14.4 Å². The lowest BCUT2D eigenvalue weighted by atomic mass is 9.91. The summed E-state index contributed by atoms with van der Waals surface area (Å²) >= 11 is 0. The summed E-state index contributed by atoms with van der Waals surface area (Å²) in [5, 5.41) is 18.0. The van der Waals surface area contributed by atoms with Crippen LogP contribution in [0.15, 0.2) is 66.7 Å². The van der Waals surface area contributed by atoms with E-state index in [2.05, 4.69) is 16.0 Å². The highest BCUT2D eigenvalue weighted by Gasteiger charge is 2.28. The number of amides is 4. The summed E-state index contributed by atoms with van der Waals surface area (Å²) in [6, 6.07) is 18.0. The number of carboxylic acid groups (broad SMARTS) is 1. The molecule has 0 saturated carbocycles. The maximum Gasteiger partial charge on any atom is 0.323 e. The van der Waals surface area contributed by atoms with Gasteiger partial charge >= 0.3 is 12.0 Å². The lowest BCUT2D eigenvalue weighted by molar-refractivity contribution is -0.138. The number of carbonyl (C=O) groups is 4. The van der Waals surface area contributed by atoms with Crippen LogP contribution in [0.25, 0.3) is 0 Å². The van der Waals surface area contributed by atoms with Gasteiger partial charge in [-0.2, -0.15) is 0 Å². The number of carbonyl (C=O) groups excluding carboxylic acids is 3. The number of urea groups is 1. The SMILES string of the molecule is COc1ccc([C@H](CC(=O)O)NC(=O)C(CC(=O)N(C)c2ccc(NC(=O)Nc3ccccc3C)cc2)CC(C)C)cc1OC. The van der Waals surface area contributed by atoms with E-state index in [0.29, 0.717) is 40.5 Å². The number of hydrogen-bond acceptors (Lipinski definition) is 6. The Hall–Kier alpha value is -5.06. The van der Waals surface area contributed by atoms with Gasteiger partial charge in [-0.25, -0.2) is 4.79 Å². The van der Waals surface area contributed by atoms with Crippen LogP contribution in [0.2, 0.25) is 0 Å². The van der Waals surface area contributed by atoms with Gasteiger partial charge in [-0.1, -0.05) is 38.1 Å². The van der Waals surface area contributed by atoms with Crippen molar-refractivity contribution in [2.45, 2.75) is 46.1 Å². The number of aliphatic carboxylic acids is 1. The van der Waals surface area contributed by atoms with Crippen molar-refractivity contribution in [2.24, 2.45) is 11.8 Å². The molecule has 4 N–H and O–H groups in total. The van der Waals surface area contributed by atoms with Crippen molar-refractivity contribution in [3.63, 3.8) is 0 Å². The molecule has 0 aliphatic heterocycles. The third-order valence-corrected chi connectivity index (χ3v) is 7.33. The summed E-state index contributed by atoms with van der Waals surface area (Å²) in [6.45, 7) is 5.82. The van der Waals surface area contributed by atoms with Crippen molar-refractivity contribution in [1.82, 2.24) is 5.32 Å². The minimum Gasteiger partial charge on any atom is -0.493 e. The molecule has 0 radical (unpaired) electrons. The third kappa shape index (κ3) is 9.99. The van der Waals surface area contributed by atoms with Crippen LogP contribution in [0.1, 0.15) is 50.3 Å². The lowest BCUT2D eigenvalue weighted by Crippen LogP contribution is -2.38. The van der Waals surface area contributed by atoms with Gasteiger partial charge in [0, 0.05) is 36.4 Å². The quantitative estimate of drug-likeness (QED) is 0.173. The highest BCUT2D eigenvalue weighted by Crippen LogP contribution is 2.31. The molecule has 4 amide bonds. The summed E-state index contributed by atoms with van der Waals surface area (Å²) in [4.78, 5) is 52.5. The van der Waals surface area contributed by atoms with E-state index in [0.717, 1.165) is 5.56 Å². The van der Waals surface area contributed by atoms with Crippen LogP contribution in [-0.2, 0) is 14.4 Å². The van der Waals surface area contributed by atoms with E-state index in [9.17, 15) is 24.3 Å². The molecule has 0 fully saturated rings. The predicted molar refractivity (Wildman–Crippen MR) is 174 cm³/mol. The van der Waals surface area contributed by atoms with Gasteiger partial charge in [-0.05, 0) is 72.9 Å². The number of para-hydroxylation sites is 1. The summed E-state index contributed by atoms with van der Waals surface area (Å²) in [7, 11) is 4.59. The highest BCUT2D eigenvalue weighted by molar-refractivity contribution is 6.00. The molecular weight excluding hydrogens is 576 g/mol. The Morgan fingerprint density at radius 3 is 2.13 bits per heavy atom. The maximum atomic E-state index is 13.5. The van der Waals surface area contributed by atoms with E-state index in [4.69, 9.17) is 9.47 Å². The summed E-state index contributed by atoms with van der Waals surface area (Å²) < 4.78 is 10.6. The van der Waals surface area contributed by atoms with Crippen molar-refractivity contribution in [2.75, 3.05) is 36.8 Å². The molecule has 0 aromatic heterocycles. The molecule has 0 aliphatic carbocycles. The summed E-state index contributed by atoms with van der Waals surface area (Å²) in [5.74, 6) is -1.49. The lowest BCUT2D eigenvalue weighted by Gasteiger charge is -2.25. The number of nitrogens with one attached hydrogen (secondary N) is 3. The first kappa shape index (κ1) is 34.4. The fraction of sp³-hybridized carbons (Fsp3) is 0.353. The van der Waals surface area contributed by atoms with E-state index in [1.54, 1.807) is 49.5 Å². The molecule has 0 aliphatic rings. The Morgan fingerprint density at radius 2 is 1.53 bits per heavy atom. The van der Waals surface area contributed by atoms with Gasteiger partial charge in [-0.15, -0.1) is 0 Å². The van der Waals surface area contributed by atoms with Crippen molar-refractivity contribution < 1.29 is 33.8 Å². The monoisotopic (exact) mass is 618 g/mol. The van der Waals surface area contributed by atoms with E-state index in [-0.39, 0.29) is 24.7 Å². The van der Waals surface area contributed by atoms with E-state index >= 15 is 0 Å². The summed E-state index contributed by atoms with van der Waals surface area (Å²) in [5.41, 5.74) is 3.31. The molecule has 0 heterocycles. The molecule has 3 aromatic rings. The van der Waals surface area contributed by atoms with Gasteiger partial charge in [0.05, 0.1) is 26.7 Å². The first-order valence-electron chi connectivity index (χ1n) is 14.7. The van der Waals surface area contributed by atoms with E-state index in [1.165, 1.54) is 19.1 Å². The van der Waals surface area contributed by atoms with Crippen molar-refractivity contribution in [1.29, 1.82) is 0 Å². The number of carboxylic acids is 1. The Bertz CT molecular complexity index is 1490. The zero-order valence-corrected chi connectivity index (χ0v) is 26.5. The molecule has 0 bridgehead atoms. The number of benzene rings is 3. The second-order valence-electron chi connectivity index (χ2n) is 11.2. The predicted octanol–water partition coefficient (Wildman–Crippen LogP) is 6.00. The molecule has 1 unspecified atom stereocenters. The second-order valence-corrected chi connectivity index (χ2v) is 11.2. The fourth-order valence-corrected chi connectivity index (χ4v) is 4.90. The molecule has 45 heavy (non-hydrogen) atoms. The number of aryl methyl sites for hydroxylation is 1. The highest BCUT2D eigenvalue weighted by atomic mass is 16.5. The maximum absolute atomic E-state index is 13.5. The van der Waals surface area contributed by atoms with Gasteiger partial charge < -0.3 is 35.4 Å². The van der Waals surface area contributed by atoms with E-state index in [1.807, 2.05) is 45.0 Å². The molecule has 0 spiro atoms. The van der Waals surface area contributed by atoms with Crippen LogP contribution in [0.5, 0.6) is 11.5 Å². The van der Waals surface area contributed by atoms with Crippen LogP contribution in [-0.4, -0.2) is 50.2 Å². The number of rotatable bonds is 14. The number of anilines is 3. The zero-order chi connectivity index (χ0) is 33.1. The molecule has 3 rings (SSSR count). The van der Waals surface area contributed by atoms with Gasteiger partial charge in [0.25, 0.3) is 0 Å². The smallest absolute Gasteiger partial charge is 0.323 e. The fourth-order valence-electron chi connectivity index (χ4n) is 4.90. The first-order valence-corrected chi connectivity index (χ1v) is 14.7. The van der Waals surface area contributed by atoms with Crippen molar-refractivity contribution >= 4 is 40.9 Å². The second kappa shape index (κ2) is 16.1. The largest absolute Gasteiger partial charge is 0.493 e. The molecule has 11 heteroatoms. The topological polar surface area (TPSA) is 146 Å². The molecule has 240 valence electrons. The normalized spacial score (nSPS) is 12.1. The van der Waals surface area contributed by atoms with Crippen molar-refractivity contribution in [3.05, 3.63) is 77.9 Å². The minimum absolute atomic E-state index is 0.0783. The standard InChI is InChI=1S/C34H42N4O7/c1-21(2)17-24(33(42)36-28(20-32(40)41)23-11-16-29(44-5)30(18-23)45-6)19-31(39)38(4)26-14-12-25(13-15-26)35-34(43)37-27-10-8-7-9-22(27)3/h7-16,18,21,24,28H,17,19-20H2,1-6H3,(H,36,42)(H,40,41)(H2,35,37,43)/t24?,28-/m0/s1. The number of nitrogens with zero attached hydrogens (tertiary/aromatic N) is 1. The number of ether oxygens (including phenoxy) is 2. The van der Waals surface area contributed by atoms with Crippen LogP contribution in [0.3, 0.4) is 0 Å². The first-order chi connectivity index (χ1) is 21.4. The Balaban J connectivity index is 1.69. The number of hydrogen-bond donors (Lipinski definition) is 4. The van der Waals surface area contributed by atoms with E-state index < -0.39 is 29.9 Å². The Labute approximate surface area is 263 Å². The zero-order valence-electron chi connectivity index (χ0n) is 26.5. The van der Waals surface area contributed by atoms with Gasteiger partial charge in [0.2, 0.25) is 11.8 Å². The summed E-state index contributed by atoms with van der Waals surface area (Å²) in [6.07, 6.45) is -0.00605. The van der Waals surface area contributed by atoms with Crippen LogP contribution >= 0.6 is 0 Å². The van der Waals surface area contributed by atoms with Crippen LogP contribution < -0.4 is 30.3 Å². The Kier molecular flexibility index (Phi) is 12.3. The molecule has 0 saturated heterocycles. The van der Waals surface area contributed by atoms with Crippen LogP contribution in [0, 0.1) is 18.8 Å². The third-order valence-electron chi connectivity index (χ3n) is 7.33. The molecular formula is C34H42N4O7. The minimum atomic E-state index is -1.09. The molecule has 2 atom stereocenters. The Morgan fingerprint density at radius 1 is 0.867 bits per heavy atom. The molecule has 11 nitrogen and oxygen atoms in total. The average Bonchev–Trinajstić information content (AvgIpc) is 3.00. The average molecular weight is 619 g/mol. The molecule has 3 aromatic carbocycles. The number of methoxy groups -OCH3 is 2. The van der Waals surface area contributed by atoms with Gasteiger partial charge in [0.15, 0.2) is 11.5 Å².